The third-order valence-corrected chi connectivity index (χ3v) is 4.08. The van der Waals surface area contributed by atoms with Gasteiger partial charge in [-0.25, -0.2) is 4.39 Å². The van der Waals surface area contributed by atoms with E-state index in [-0.39, 0.29) is 35.6 Å². The van der Waals surface area contributed by atoms with E-state index >= 15 is 0 Å². The van der Waals surface area contributed by atoms with Crippen molar-refractivity contribution in [2.75, 3.05) is 10.6 Å². The molecule has 0 saturated heterocycles. The third kappa shape index (κ3) is 4.39. The molecule has 1 aliphatic carbocycles. The minimum atomic E-state index is -0.377. The smallest absolute Gasteiger partial charge is 0.228 e. The van der Waals surface area contributed by atoms with Crippen LogP contribution in [0.2, 0.25) is 0 Å². The van der Waals surface area contributed by atoms with Crippen LogP contribution in [0.3, 0.4) is 0 Å². The molecule has 0 bridgehead atoms. The van der Waals surface area contributed by atoms with E-state index in [2.05, 4.69) is 10.6 Å². The van der Waals surface area contributed by atoms with E-state index in [4.69, 9.17) is 4.74 Å². The quantitative estimate of drug-likeness (QED) is 0.827. The number of benzene rings is 2. The summed E-state index contributed by atoms with van der Waals surface area (Å²) >= 11 is 0. The van der Waals surface area contributed by atoms with Crippen LogP contribution in [0.1, 0.15) is 20.3 Å². The molecular weight excluding hydrogens is 335 g/mol. The van der Waals surface area contributed by atoms with Gasteiger partial charge in [-0.15, -0.1) is 0 Å². The normalized spacial score (nSPS) is 18.3. The van der Waals surface area contributed by atoms with Gasteiger partial charge in [-0.1, -0.05) is 12.1 Å². The lowest BCUT2D eigenvalue weighted by atomic mass is 10.2. The number of ether oxygens (including phenoxy) is 1. The highest BCUT2D eigenvalue weighted by Crippen LogP contribution is 2.41. The van der Waals surface area contributed by atoms with Crippen LogP contribution < -0.4 is 15.4 Å². The van der Waals surface area contributed by atoms with Gasteiger partial charge in [0.1, 0.15) is 11.6 Å². The molecule has 3 rings (SSSR count). The fourth-order valence-corrected chi connectivity index (χ4v) is 2.69. The molecule has 2 aromatic carbocycles. The van der Waals surface area contributed by atoms with Crippen molar-refractivity contribution in [3.63, 3.8) is 0 Å². The Morgan fingerprint density at radius 2 is 1.62 bits per heavy atom. The third-order valence-electron chi connectivity index (χ3n) is 4.08. The highest BCUT2D eigenvalue weighted by molar-refractivity contribution is 6.03. The summed E-state index contributed by atoms with van der Waals surface area (Å²) in [6.45, 7) is 3.82. The predicted octanol–water partition coefficient (Wildman–Crippen LogP) is 3.83. The first-order valence-electron chi connectivity index (χ1n) is 8.57. The van der Waals surface area contributed by atoms with Gasteiger partial charge in [0.15, 0.2) is 0 Å². The molecule has 0 spiro atoms. The van der Waals surface area contributed by atoms with Crippen molar-refractivity contribution in [2.45, 2.75) is 26.4 Å². The molecule has 2 unspecified atom stereocenters. The van der Waals surface area contributed by atoms with Gasteiger partial charge in [0.05, 0.1) is 23.6 Å². The molecule has 6 heteroatoms. The molecule has 0 radical (unpaired) electrons. The largest absolute Gasteiger partial charge is 0.489 e. The number of rotatable bonds is 6. The molecule has 0 heterocycles. The highest BCUT2D eigenvalue weighted by atomic mass is 19.1. The van der Waals surface area contributed by atoms with Crippen LogP contribution in [-0.2, 0) is 9.59 Å². The zero-order chi connectivity index (χ0) is 18.7. The molecule has 0 aromatic heterocycles. The van der Waals surface area contributed by atoms with E-state index in [1.54, 1.807) is 12.1 Å². The van der Waals surface area contributed by atoms with Crippen LogP contribution in [0.5, 0.6) is 5.75 Å². The summed E-state index contributed by atoms with van der Waals surface area (Å²) in [6, 6.07) is 12.7. The van der Waals surface area contributed by atoms with Crippen molar-refractivity contribution in [3.05, 3.63) is 54.3 Å². The van der Waals surface area contributed by atoms with E-state index in [9.17, 15) is 14.0 Å². The molecule has 1 fully saturated rings. The number of halogens is 1. The lowest BCUT2D eigenvalue weighted by molar-refractivity contribution is -0.122. The van der Waals surface area contributed by atoms with E-state index in [1.165, 1.54) is 24.3 Å². The Kier molecular flexibility index (Phi) is 5.21. The van der Waals surface area contributed by atoms with Crippen LogP contribution in [0.4, 0.5) is 15.8 Å². The Hall–Kier alpha value is -2.89. The maximum atomic E-state index is 12.9. The molecule has 1 saturated carbocycles. The van der Waals surface area contributed by atoms with Gasteiger partial charge in [-0.3, -0.25) is 9.59 Å². The summed E-state index contributed by atoms with van der Waals surface area (Å²) in [4.78, 5) is 24.7. The van der Waals surface area contributed by atoms with Crippen LogP contribution >= 0.6 is 0 Å². The highest BCUT2D eigenvalue weighted by Gasteiger charge is 2.48. The molecule has 2 N–H and O–H groups in total. The van der Waals surface area contributed by atoms with E-state index < -0.39 is 0 Å². The molecule has 2 aromatic rings. The molecule has 26 heavy (non-hydrogen) atoms. The first-order chi connectivity index (χ1) is 12.4. The summed E-state index contributed by atoms with van der Waals surface area (Å²) in [5, 5.41) is 5.55. The number of carbonyl (C=O) groups is 2. The molecule has 136 valence electrons. The van der Waals surface area contributed by atoms with Crippen molar-refractivity contribution >= 4 is 23.2 Å². The second-order valence-corrected chi connectivity index (χ2v) is 6.60. The van der Waals surface area contributed by atoms with Crippen molar-refractivity contribution in [1.82, 2.24) is 0 Å². The van der Waals surface area contributed by atoms with E-state index in [0.717, 1.165) is 0 Å². The summed E-state index contributed by atoms with van der Waals surface area (Å²) in [5.74, 6) is -0.953. The lowest BCUT2D eigenvalue weighted by Gasteiger charge is -2.14. The summed E-state index contributed by atoms with van der Waals surface area (Å²) in [6.07, 6.45) is 0.481. The standard InChI is InChI=1S/C20H21FN2O3/c1-12(2)26-18-6-4-3-5-17(18)23-20(25)16-11-15(16)19(24)22-14-9-7-13(21)8-10-14/h3-10,12,15-16H,11H2,1-2H3,(H,22,24)(H,23,25). The number of amides is 2. The number of anilines is 2. The Labute approximate surface area is 151 Å². The first-order valence-corrected chi connectivity index (χ1v) is 8.57. The Morgan fingerprint density at radius 1 is 1.00 bits per heavy atom. The number of nitrogens with one attached hydrogen (secondary N) is 2. The van der Waals surface area contributed by atoms with Crippen molar-refractivity contribution in [3.8, 4) is 5.75 Å². The second kappa shape index (κ2) is 7.56. The average Bonchev–Trinajstić information content (AvgIpc) is 3.39. The molecule has 0 aliphatic heterocycles. The predicted molar refractivity (Wildman–Crippen MR) is 97.5 cm³/mol. The number of hydrogen-bond acceptors (Lipinski definition) is 3. The van der Waals surface area contributed by atoms with Gasteiger partial charge in [-0.05, 0) is 56.7 Å². The van der Waals surface area contributed by atoms with Crippen LogP contribution in [0, 0.1) is 17.7 Å². The minimum Gasteiger partial charge on any atom is -0.489 e. The van der Waals surface area contributed by atoms with Crippen molar-refractivity contribution < 1.29 is 18.7 Å². The molecule has 2 amide bonds. The van der Waals surface area contributed by atoms with Crippen LogP contribution in [0.25, 0.3) is 0 Å². The lowest BCUT2D eigenvalue weighted by Crippen LogP contribution is -2.21. The van der Waals surface area contributed by atoms with Crippen LogP contribution in [-0.4, -0.2) is 17.9 Å². The van der Waals surface area contributed by atoms with E-state index in [1.807, 2.05) is 26.0 Å². The topological polar surface area (TPSA) is 67.4 Å². The summed E-state index contributed by atoms with van der Waals surface area (Å²) < 4.78 is 18.6. The number of hydrogen-bond donors (Lipinski definition) is 2. The fourth-order valence-electron chi connectivity index (χ4n) is 2.69. The zero-order valence-electron chi connectivity index (χ0n) is 14.7. The van der Waals surface area contributed by atoms with Gasteiger partial charge in [0, 0.05) is 5.69 Å². The average molecular weight is 356 g/mol. The van der Waals surface area contributed by atoms with Crippen molar-refractivity contribution in [2.24, 2.45) is 11.8 Å². The Balaban J connectivity index is 1.57. The van der Waals surface area contributed by atoms with Crippen molar-refractivity contribution in [1.29, 1.82) is 0 Å². The van der Waals surface area contributed by atoms with Gasteiger partial charge in [0.25, 0.3) is 0 Å². The fraction of sp³-hybridized carbons (Fsp3) is 0.300. The maximum Gasteiger partial charge on any atom is 0.228 e. The molecular formula is C20H21FN2O3. The summed E-state index contributed by atoms with van der Waals surface area (Å²) in [7, 11) is 0. The van der Waals surface area contributed by atoms with Gasteiger partial charge >= 0.3 is 0 Å². The van der Waals surface area contributed by atoms with Gasteiger partial charge in [0.2, 0.25) is 11.8 Å². The van der Waals surface area contributed by atoms with Gasteiger partial charge in [-0.2, -0.15) is 0 Å². The zero-order valence-corrected chi connectivity index (χ0v) is 14.7. The molecule has 1 aliphatic rings. The number of para-hydroxylation sites is 2. The van der Waals surface area contributed by atoms with Gasteiger partial charge < -0.3 is 15.4 Å². The summed E-state index contributed by atoms with van der Waals surface area (Å²) in [5.41, 5.74) is 1.11. The Bertz CT molecular complexity index is 805. The van der Waals surface area contributed by atoms with Crippen LogP contribution in [0.15, 0.2) is 48.5 Å². The monoisotopic (exact) mass is 356 g/mol. The molecule has 5 nitrogen and oxygen atoms in total. The first kappa shape index (κ1) is 17.9. The Morgan fingerprint density at radius 3 is 2.27 bits per heavy atom. The SMILES string of the molecule is CC(C)Oc1ccccc1NC(=O)C1CC1C(=O)Nc1ccc(F)cc1. The minimum absolute atomic E-state index is 0.0109. The maximum absolute atomic E-state index is 12.9. The molecule has 2 atom stereocenters. The number of carbonyl (C=O) groups excluding carboxylic acids is 2. The van der Waals surface area contributed by atoms with E-state index in [0.29, 0.717) is 23.5 Å². The second-order valence-electron chi connectivity index (χ2n) is 6.60.